The molecule has 5 atom stereocenters. The Labute approximate surface area is 154 Å². The summed E-state index contributed by atoms with van der Waals surface area (Å²) >= 11 is 0. The molecule has 2 saturated carbocycles. The lowest BCUT2D eigenvalue weighted by Gasteiger charge is -2.60. The van der Waals surface area contributed by atoms with E-state index in [-0.39, 0.29) is 11.5 Å². The number of allylic oxidation sites excluding steroid dienone is 1. The lowest BCUT2D eigenvalue weighted by atomic mass is 9.45. The molecule has 1 saturated heterocycles. The van der Waals surface area contributed by atoms with Gasteiger partial charge in [0.2, 0.25) is 0 Å². The summed E-state index contributed by atoms with van der Waals surface area (Å²) in [7, 11) is 0. The Morgan fingerprint density at radius 2 is 1.72 bits per heavy atom. The molecule has 2 nitrogen and oxygen atoms in total. The van der Waals surface area contributed by atoms with Crippen LogP contribution in [0.4, 0.5) is 0 Å². The second-order valence-electron chi connectivity index (χ2n) is 11.1. The molecule has 25 heavy (non-hydrogen) atoms. The zero-order chi connectivity index (χ0) is 18.1. The molecule has 0 spiro atoms. The molecule has 2 heteroatoms. The molecule has 0 aromatic carbocycles. The van der Waals surface area contributed by atoms with Crippen molar-refractivity contribution in [3.05, 3.63) is 11.6 Å². The summed E-state index contributed by atoms with van der Waals surface area (Å²) < 4.78 is 12.2. The number of hydrogen-bond donors (Lipinski definition) is 0. The van der Waals surface area contributed by atoms with Crippen molar-refractivity contribution in [2.24, 2.45) is 28.1 Å². The van der Waals surface area contributed by atoms with Gasteiger partial charge in [0.15, 0.2) is 5.79 Å². The van der Waals surface area contributed by atoms with Gasteiger partial charge in [-0.2, -0.15) is 0 Å². The highest BCUT2D eigenvalue weighted by atomic mass is 16.7. The molecule has 3 aliphatic carbocycles. The van der Waals surface area contributed by atoms with Crippen LogP contribution in [-0.4, -0.2) is 18.5 Å². The van der Waals surface area contributed by atoms with E-state index >= 15 is 0 Å². The fourth-order valence-electron chi connectivity index (χ4n) is 7.12. The average Bonchev–Trinajstić information content (AvgIpc) is 2.87. The fourth-order valence-corrected chi connectivity index (χ4v) is 7.12. The van der Waals surface area contributed by atoms with Crippen molar-refractivity contribution in [2.75, 3.05) is 6.61 Å². The standard InChI is InChI=1S/C23H38O2/c1-20(2)11-7-12-23(6)17-10-13-22(5,14-16(17)8-9-18(20)23)19-15-24-21(3,4)25-19/h14,17-19H,7-13,15H2,1-6H3/t17-,18-,19-,22-,23+/m0/s1. The Balaban J connectivity index is 1.61. The van der Waals surface area contributed by atoms with Crippen LogP contribution in [0.15, 0.2) is 11.6 Å². The quantitative estimate of drug-likeness (QED) is 0.533. The molecule has 0 amide bonds. The minimum atomic E-state index is -0.417. The predicted molar refractivity (Wildman–Crippen MR) is 102 cm³/mol. The molecule has 0 aromatic heterocycles. The molecule has 0 N–H and O–H groups in total. The minimum absolute atomic E-state index is 0.146. The largest absolute Gasteiger partial charge is 0.348 e. The third-order valence-corrected chi connectivity index (χ3v) is 8.47. The summed E-state index contributed by atoms with van der Waals surface area (Å²) in [6.45, 7) is 14.9. The second-order valence-corrected chi connectivity index (χ2v) is 11.1. The summed E-state index contributed by atoms with van der Waals surface area (Å²) in [6.07, 6.45) is 12.4. The van der Waals surface area contributed by atoms with Gasteiger partial charge in [0.05, 0.1) is 12.7 Å². The van der Waals surface area contributed by atoms with E-state index < -0.39 is 5.79 Å². The van der Waals surface area contributed by atoms with Gasteiger partial charge in [0, 0.05) is 5.41 Å². The third-order valence-electron chi connectivity index (χ3n) is 8.47. The van der Waals surface area contributed by atoms with Gasteiger partial charge in [-0.25, -0.2) is 0 Å². The normalized spacial score (nSPS) is 48.4. The number of rotatable bonds is 1. The van der Waals surface area contributed by atoms with Gasteiger partial charge in [0.1, 0.15) is 0 Å². The lowest BCUT2D eigenvalue weighted by molar-refractivity contribution is -0.151. The maximum absolute atomic E-state index is 6.27. The first-order valence-electron chi connectivity index (χ1n) is 10.6. The van der Waals surface area contributed by atoms with Crippen LogP contribution >= 0.6 is 0 Å². The van der Waals surface area contributed by atoms with Crippen molar-refractivity contribution < 1.29 is 9.47 Å². The summed E-state index contributed by atoms with van der Waals surface area (Å²) in [6, 6.07) is 0. The number of fused-ring (bicyclic) bond motifs is 3. The Morgan fingerprint density at radius 1 is 0.960 bits per heavy atom. The van der Waals surface area contributed by atoms with Crippen molar-refractivity contribution in [2.45, 2.75) is 98.4 Å². The Morgan fingerprint density at radius 3 is 2.40 bits per heavy atom. The molecule has 1 heterocycles. The van der Waals surface area contributed by atoms with Gasteiger partial charge in [-0.1, -0.05) is 45.8 Å². The molecule has 3 fully saturated rings. The molecular formula is C23H38O2. The average molecular weight is 347 g/mol. The van der Waals surface area contributed by atoms with E-state index in [1.165, 1.54) is 44.9 Å². The van der Waals surface area contributed by atoms with E-state index in [0.717, 1.165) is 18.4 Å². The molecule has 0 unspecified atom stereocenters. The first-order chi connectivity index (χ1) is 11.6. The van der Waals surface area contributed by atoms with Gasteiger partial charge in [-0.3, -0.25) is 0 Å². The van der Waals surface area contributed by atoms with Crippen LogP contribution in [0.25, 0.3) is 0 Å². The minimum Gasteiger partial charge on any atom is -0.348 e. The van der Waals surface area contributed by atoms with E-state index in [1.807, 2.05) is 13.8 Å². The van der Waals surface area contributed by atoms with Crippen LogP contribution in [0.5, 0.6) is 0 Å². The van der Waals surface area contributed by atoms with Crippen molar-refractivity contribution >= 4 is 0 Å². The van der Waals surface area contributed by atoms with Crippen LogP contribution in [0.3, 0.4) is 0 Å². The number of hydrogen-bond acceptors (Lipinski definition) is 2. The monoisotopic (exact) mass is 346 g/mol. The highest BCUT2D eigenvalue weighted by molar-refractivity contribution is 5.25. The highest BCUT2D eigenvalue weighted by Crippen LogP contribution is 2.64. The molecule has 0 bridgehead atoms. The van der Waals surface area contributed by atoms with E-state index in [0.29, 0.717) is 10.8 Å². The van der Waals surface area contributed by atoms with Crippen LogP contribution in [0.2, 0.25) is 0 Å². The third kappa shape index (κ3) is 2.83. The van der Waals surface area contributed by atoms with Gasteiger partial charge in [0.25, 0.3) is 0 Å². The van der Waals surface area contributed by atoms with Crippen LogP contribution < -0.4 is 0 Å². The topological polar surface area (TPSA) is 18.5 Å². The molecule has 4 aliphatic rings. The first-order valence-corrected chi connectivity index (χ1v) is 10.6. The van der Waals surface area contributed by atoms with E-state index in [4.69, 9.17) is 9.47 Å². The van der Waals surface area contributed by atoms with Crippen LogP contribution in [0.1, 0.15) is 86.5 Å². The smallest absolute Gasteiger partial charge is 0.163 e. The Kier molecular flexibility index (Phi) is 4.03. The summed E-state index contributed by atoms with van der Waals surface area (Å²) in [5, 5.41) is 0. The van der Waals surface area contributed by atoms with Crippen molar-refractivity contribution in [1.82, 2.24) is 0 Å². The lowest BCUT2D eigenvalue weighted by Crippen LogP contribution is -2.51. The molecule has 0 aromatic rings. The van der Waals surface area contributed by atoms with E-state index in [1.54, 1.807) is 5.57 Å². The van der Waals surface area contributed by atoms with Gasteiger partial charge < -0.3 is 9.47 Å². The molecule has 142 valence electrons. The molecule has 4 rings (SSSR count). The van der Waals surface area contributed by atoms with Gasteiger partial charge in [-0.05, 0) is 75.0 Å². The second kappa shape index (κ2) is 5.58. The van der Waals surface area contributed by atoms with E-state index in [2.05, 4.69) is 33.8 Å². The maximum Gasteiger partial charge on any atom is 0.163 e. The summed E-state index contributed by atoms with van der Waals surface area (Å²) in [5.74, 6) is 1.28. The maximum atomic E-state index is 6.27. The van der Waals surface area contributed by atoms with Crippen molar-refractivity contribution in [3.63, 3.8) is 0 Å². The number of ether oxygens (including phenoxy) is 2. The predicted octanol–water partition coefficient (Wildman–Crippen LogP) is 6.11. The summed E-state index contributed by atoms with van der Waals surface area (Å²) in [5.41, 5.74) is 2.93. The van der Waals surface area contributed by atoms with Gasteiger partial charge in [-0.15, -0.1) is 0 Å². The Hall–Kier alpha value is -0.340. The summed E-state index contributed by atoms with van der Waals surface area (Å²) in [4.78, 5) is 0. The van der Waals surface area contributed by atoms with E-state index in [9.17, 15) is 0 Å². The fraction of sp³-hybridized carbons (Fsp3) is 0.913. The van der Waals surface area contributed by atoms with Crippen molar-refractivity contribution in [1.29, 1.82) is 0 Å². The zero-order valence-electron chi connectivity index (χ0n) is 17.3. The molecular weight excluding hydrogens is 308 g/mol. The van der Waals surface area contributed by atoms with Crippen LogP contribution in [-0.2, 0) is 9.47 Å². The molecule has 0 radical (unpaired) electrons. The van der Waals surface area contributed by atoms with Crippen LogP contribution in [0, 0.1) is 28.1 Å². The first kappa shape index (κ1) is 18.0. The SMILES string of the molecule is CC1(C)OC[C@@H]([C@]2(C)C=C3CC[C@H]4C(C)(C)CCC[C@]4(C)[C@H]3CC2)O1. The van der Waals surface area contributed by atoms with Crippen molar-refractivity contribution in [3.8, 4) is 0 Å². The van der Waals surface area contributed by atoms with Gasteiger partial charge >= 0.3 is 0 Å². The Bertz CT molecular complexity index is 575. The highest BCUT2D eigenvalue weighted by Gasteiger charge is 2.55. The molecule has 1 aliphatic heterocycles. The zero-order valence-corrected chi connectivity index (χ0v) is 17.3.